The van der Waals surface area contributed by atoms with Crippen molar-refractivity contribution in [3.05, 3.63) is 46.8 Å². The maximum Gasteiger partial charge on any atom is 0.0700 e. The molecule has 0 radical (unpaired) electrons. The number of aryl methyl sites for hydroxylation is 1. The van der Waals surface area contributed by atoms with Crippen molar-refractivity contribution in [3.8, 4) is 0 Å². The number of nitrogens with one attached hydrogen (secondary N) is 1. The highest BCUT2D eigenvalue weighted by molar-refractivity contribution is 5.42. The molecule has 3 heteroatoms. The lowest BCUT2D eigenvalue weighted by Crippen LogP contribution is -2.03. The lowest BCUT2D eigenvalue weighted by atomic mass is 9.94. The molecule has 2 aromatic rings. The number of benzene rings is 1. The van der Waals surface area contributed by atoms with Crippen LogP contribution in [0.3, 0.4) is 0 Å². The third-order valence-corrected chi connectivity index (χ3v) is 3.46. The number of nitrogens with two attached hydrogens (primary N) is 1. The summed E-state index contributed by atoms with van der Waals surface area (Å²) in [4.78, 5) is 0. The molecule has 1 aliphatic rings. The van der Waals surface area contributed by atoms with E-state index in [0.717, 1.165) is 18.5 Å². The summed E-state index contributed by atoms with van der Waals surface area (Å²) in [7, 11) is 0. The molecule has 0 spiro atoms. The lowest BCUT2D eigenvalue weighted by Gasteiger charge is -2.11. The number of rotatable bonds is 2. The first-order chi connectivity index (χ1) is 8.33. The van der Waals surface area contributed by atoms with Crippen molar-refractivity contribution in [3.63, 3.8) is 0 Å². The van der Waals surface area contributed by atoms with Gasteiger partial charge in [-0.3, -0.25) is 5.10 Å². The fourth-order valence-corrected chi connectivity index (χ4v) is 2.59. The number of anilines is 1. The summed E-state index contributed by atoms with van der Waals surface area (Å²) >= 11 is 0. The molecule has 3 N–H and O–H groups in total. The first kappa shape index (κ1) is 10.4. The third-order valence-electron chi connectivity index (χ3n) is 3.46. The van der Waals surface area contributed by atoms with Crippen molar-refractivity contribution in [2.24, 2.45) is 0 Å². The fourth-order valence-electron chi connectivity index (χ4n) is 2.59. The second kappa shape index (κ2) is 4.24. The number of fused-ring (bicyclic) bond motifs is 1. The van der Waals surface area contributed by atoms with Gasteiger partial charge in [0.05, 0.1) is 5.69 Å². The minimum Gasteiger partial charge on any atom is -0.399 e. The number of hydrogen-bond acceptors (Lipinski definition) is 2. The van der Waals surface area contributed by atoms with E-state index in [4.69, 9.17) is 5.73 Å². The number of aromatic amines is 1. The molecule has 0 unspecified atom stereocenters. The van der Waals surface area contributed by atoms with Gasteiger partial charge in [-0.2, -0.15) is 5.10 Å². The summed E-state index contributed by atoms with van der Waals surface area (Å²) in [6.45, 7) is 0. The molecule has 1 aliphatic carbocycles. The highest BCUT2D eigenvalue weighted by atomic mass is 15.1. The third kappa shape index (κ3) is 2.05. The topological polar surface area (TPSA) is 54.7 Å². The molecule has 0 saturated carbocycles. The van der Waals surface area contributed by atoms with Crippen LogP contribution in [0.5, 0.6) is 0 Å². The zero-order chi connectivity index (χ0) is 11.7. The van der Waals surface area contributed by atoms with Gasteiger partial charge in [-0.25, -0.2) is 0 Å². The molecule has 0 fully saturated rings. The van der Waals surface area contributed by atoms with Gasteiger partial charge in [0.2, 0.25) is 0 Å². The molecule has 3 nitrogen and oxygen atoms in total. The lowest BCUT2D eigenvalue weighted by molar-refractivity contribution is 0.673. The SMILES string of the molecule is Nc1cccc(Cc2n[nH]c3c2CCCC3)c1. The van der Waals surface area contributed by atoms with Gasteiger partial charge in [-0.1, -0.05) is 12.1 Å². The van der Waals surface area contributed by atoms with Gasteiger partial charge in [0.1, 0.15) is 0 Å². The number of nitrogen functional groups attached to an aromatic ring is 1. The van der Waals surface area contributed by atoms with Crippen molar-refractivity contribution >= 4 is 5.69 Å². The molecule has 1 heterocycles. The van der Waals surface area contributed by atoms with E-state index in [2.05, 4.69) is 16.3 Å². The Morgan fingerprint density at radius 3 is 3.00 bits per heavy atom. The molecule has 0 bridgehead atoms. The Morgan fingerprint density at radius 1 is 1.24 bits per heavy atom. The second-order valence-electron chi connectivity index (χ2n) is 4.76. The zero-order valence-electron chi connectivity index (χ0n) is 9.87. The van der Waals surface area contributed by atoms with E-state index >= 15 is 0 Å². The van der Waals surface area contributed by atoms with Crippen LogP contribution in [-0.2, 0) is 19.3 Å². The van der Waals surface area contributed by atoms with Gasteiger partial charge < -0.3 is 5.73 Å². The summed E-state index contributed by atoms with van der Waals surface area (Å²) in [5.74, 6) is 0. The predicted molar refractivity (Wildman–Crippen MR) is 68.9 cm³/mol. The first-order valence-corrected chi connectivity index (χ1v) is 6.22. The Labute approximate surface area is 101 Å². The van der Waals surface area contributed by atoms with Crippen molar-refractivity contribution in [2.45, 2.75) is 32.1 Å². The van der Waals surface area contributed by atoms with E-state index in [-0.39, 0.29) is 0 Å². The highest BCUT2D eigenvalue weighted by Gasteiger charge is 2.16. The first-order valence-electron chi connectivity index (χ1n) is 6.22. The summed E-state index contributed by atoms with van der Waals surface area (Å²) in [5.41, 5.74) is 11.8. The number of aromatic nitrogens is 2. The fraction of sp³-hybridized carbons (Fsp3) is 0.357. The minimum atomic E-state index is 0.826. The molecule has 0 amide bonds. The van der Waals surface area contributed by atoms with Crippen LogP contribution in [0.2, 0.25) is 0 Å². The average molecular weight is 227 g/mol. The minimum absolute atomic E-state index is 0.826. The van der Waals surface area contributed by atoms with Crippen molar-refractivity contribution in [1.82, 2.24) is 10.2 Å². The second-order valence-corrected chi connectivity index (χ2v) is 4.76. The molecular weight excluding hydrogens is 210 g/mol. The maximum atomic E-state index is 5.80. The number of nitrogens with zero attached hydrogens (tertiary/aromatic N) is 1. The summed E-state index contributed by atoms with van der Waals surface area (Å²) in [6.07, 6.45) is 5.78. The van der Waals surface area contributed by atoms with Crippen LogP contribution in [0.25, 0.3) is 0 Å². The number of H-pyrrole nitrogens is 1. The molecule has 17 heavy (non-hydrogen) atoms. The van der Waals surface area contributed by atoms with E-state index in [0.29, 0.717) is 0 Å². The monoisotopic (exact) mass is 227 g/mol. The standard InChI is InChI=1S/C14H17N3/c15-11-5-3-4-10(8-11)9-14-12-6-1-2-7-13(12)16-17-14/h3-5,8H,1-2,6-7,9,15H2,(H,16,17). The van der Waals surface area contributed by atoms with E-state index in [1.807, 2.05) is 18.2 Å². The van der Waals surface area contributed by atoms with Crippen LogP contribution in [0.4, 0.5) is 5.69 Å². The quantitative estimate of drug-likeness (QED) is 0.774. The van der Waals surface area contributed by atoms with Crippen LogP contribution < -0.4 is 5.73 Å². The molecule has 1 aromatic carbocycles. The Morgan fingerprint density at radius 2 is 2.12 bits per heavy atom. The average Bonchev–Trinajstić information content (AvgIpc) is 2.73. The molecule has 3 rings (SSSR count). The summed E-state index contributed by atoms with van der Waals surface area (Å²) in [5, 5.41) is 7.64. The Balaban J connectivity index is 1.88. The Bertz CT molecular complexity index is 528. The molecule has 0 aliphatic heterocycles. The summed E-state index contributed by atoms with van der Waals surface area (Å²) in [6, 6.07) is 8.07. The molecule has 0 saturated heterocycles. The van der Waals surface area contributed by atoms with Crippen molar-refractivity contribution in [2.75, 3.05) is 5.73 Å². The molecule has 1 aromatic heterocycles. The van der Waals surface area contributed by atoms with Crippen molar-refractivity contribution in [1.29, 1.82) is 0 Å². The smallest absolute Gasteiger partial charge is 0.0700 e. The van der Waals surface area contributed by atoms with E-state index < -0.39 is 0 Å². The molecule has 88 valence electrons. The van der Waals surface area contributed by atoms with Crippen LogP contribution in [0.15, 0.2) is 24.3 Å². The van der Waals surface area contributed by atoms with Crippen LogP contribution in [0, 0.1) is 0 Å². The Hall–Kier alpha value is -1.77. The van der Waals surface area contributed by atoms with E-state index in [1.165, 1.54) is 41.8 Å². The zero-order valence-corrected chi connectivity index (χ0v) is 9.87. The van der Waals surface area contributed by atoms with E-state index in [1.54, 1.807) is 0 Å². The molecular formula is C14H17N3. The number of hydrogen-bond donors (Lipinski definition) is 2. The van der Waals surface area contributed by atoms with Gasteiger partial charge in [0.25, 0.3) is 0 Å². The van der Waals surface area contributed by atoms with Gasteiger partial charge in [0, 0.05) is 17.8 Å². The Kier molecular flexibility index (Phi) is 2.59. The van der Waals surface area contributed by atoms with Gasteiger partial charge in [0.15, 0.2) is 0 Å². The van der Waals surface area contributed by atoms with Crippen LogP contribution in [0.1, 0.15) is 35.4 Å². The van der Waals surface area contributed by atoms with Gasteiger partial charge in [-0.05, 0) is 48.9 Å². The van der Waals surface area contributed by atoms with Gasteiger partial charge in [-0.15, -0.1) is 0 Å². The van der Waals surface area contributed by atoms with Crippen LogP contribution >= 0.6 is 0 Å². The largest absolute Gasteiger partial charge is 0.399 e. The predicted octanol–water partition coefficient (Wildman–Crippen LogP) is 2.46. The van der Waals surface area contributed by atoms with Crippen molar-refractivity contribution < 1.29 is 0 Å². The summed E-state index contributed by atoms with van der Waals surface area (Å²) < 4.78 is 0. The van der Waals surface area contributed by atoms with E-state index in [9.17, 15) is 0 Å². The molecule has 0 atom stereocenters. The maximum absolute atomic E-state index is 5.80. The highest BCUT2D eigenvalue weighted by Crippen LogP contribution is 2.24. The van der Waals surface area contributed by atoms with Crippen LogP contribution in [-0.4, -0.2) is 10.2 Å². The van der Waals surface area contributed by atoms with Gasteiger partial charge >= 0.3 is 0 Å². The normalized spacial score (nSPS) is 14.6.